The normalized spacial score (nSPS) is 21.8. The third kappa shape index (κ3) is 3.82. The van der Waals surface area contributed by atoms with Crippen molar-refractivity contribution >= 4 is 11.7 Å². The van der Waals surface area contributed by atoms with E-state index in [-0.39, 0.29) is 17.6 Å². The van der Waals surface area contributed by atoms with Gasteiger partial charge in [-0.25, -0.2) is 0 Å². The molecule has 3 heteroatoms. The molecule has 1 fully saturated rings. The lowest BCUT2D eigenvalue weighted by Gasteiger charge is -2.29. The Bertz CT molecular complexity index is 575. The molecule has 23 heavy (non-hydrogen) atoms. The summed E-state index contributed by atoms with van der Waals surface area (Å²) in [4.78, 5) is 27.0. The van der Waals surface area contributed by atoms with Crippen LogP contribution in [0.15, 0.2) is 24.3 Å². The SMILES string of the molecule is CN(CC1CCCCC1)C(=O)CC1CCc2ccccc2C1=O. The average molecular weight is 313 g/mol. The number of carbonyl (C=O) groups excluding carboxylic acids is 2. The first-order valence-corrected chi connectivity index (χ1v) is 9.01. The Kier molecular flexibility index (Phi) is 5.14. The summed E-state index contributed by atoms with van der Waals surface area (Å²) >= 11 is 0. The van der Waals surface area contributed by atoms with Gasteiger partial charge in [-0.2, -0.15) is 0 Å². The van der Waals surface area contributed by atoms with Gasteiger partial charge in [-0.1, -0.05) is 43.5 Å². The fourth-order valence-corrected chi connectivity index (χ4v) is 4.08. The van der Waals surface area contributed by atoms with Crippen molar-refractivity contribution in [1.82, 2.24) is 4.90 Å². The molecule has 0 saturated heterocycles. The van der Waals surface area contributed by atoms with Crippen LogP contribution in [-0.4, -0.2) is 30.2 Å². The highest BCUT2D eigenvalue weighted by Gasteiger charge is 2.30. The smallest absolute Gasteiger partial charge is 0.223 e. The summed E-state index contributed by atoms with van der Waals surface area (Å²) in [6, 6.07) is 7.83. The number of hydrogen-bond donors (Lipinski definition) is 0. The van der Waals surface area contributed by atoms with Gasteiger partial charge < -0.3 is 4.90 Å². The minimum absolute atomic E-state index is 0.133. The molecule has 1 amide bonds. The molecule has 0 aromatic heterocycles. The van der Waals surface area contributed by atoms with Crippen LogP contribution in [0.4, 0.5) is 0 Å². The lowest BCUT2D eigenvalue weighted by molar-refractivity contribution is -0.131. The summed E-state index contributed by atoms with van der Waals surface area (Å²) in [5.41, 5.74) is 1.96. The molecule has 0 aliphatic heterocycles. The number of fused-ring (bicyclic) bond motifs is 1. The first-order valence-electron chi connectivity index (χ1n) is 9.01. The van der Waals surface area contributed by atoms with Gasteiger partial charge in [-0.15, -0.1) is 0 Å². The van der Waals surface area contributed by atoms with E-state index in [0.717, 1.165) is 30.5 Å². The topological polar surface area (TPSA) is 37.4 Å². The van der Waals surface area contributed by atoms with Gasteiger partial charge in [-0.05, 0) is 37.2 Å². The molecule has 124 valence electrons. The van der Waals surface area contributed by atoms with Crippen LogP contribution in [0.2, 0.25) is 0 Å². The van der Waals surface area contributed by atoms with Gasteiger partial charge in [0.15, 0.2) is 5.78 Å². The largest absolute Gasteiger partial charge is 0.345 e. The maximum Gasteiger partial charge on any atom is 0.223 e. The number of rotatable bonds is 4. The third-order valence-corrected chi connectivity index (χ3v) is 5.52. The Morgan fingerprint density at radius 2 is 1.87 bits per heavy atom. The van der Waals surface area contributed by atoms with Gasteiger partial charge in [0.25, 0.3) is 0 Å². The lowest BCUT2D eigenvalue weighted by Crippen LogP contribution is -2.35. The van der Waals surface area contributed by atoms with Crippen molar-refractivity contribution < 1.29 is 9.59 Å². The quantitative estimate of drug-likeness (QED) is 0.846. The van der Waals surface area contributed by atoms with Crippen LogP contribution in [0.5, 0.6) is 0 Å². The highest BCUT2D eigenvalue weighted by Crippen LogP contribution is 2.29. The fraction of sp³-hybridized carbons (Fsp3) is 0.600. The predicted molar refractivity (Wildman–Crippen MR) is 91.4 cm³/mol. The van der Waals surface area contributed by atoms with Crippen molar-refractivity contribution in [3.8, 4) is 0 Å². The van der Waals surface area contributed by atoms with E-state index in [1.54, 1.807) is 0 Å². The summed E-state index contributed by atoms with van der Waals surface area (Å²) in [7, 11) is 1.90. The van der Waals surface area contributed by atoms with Crippen molar-refractivity contribution in [2.75, 3.05) is 13.6 Å². The van der Waals surface area contributed by atoms with Gasteiger partial charge >= 0.3 is 0 Å². The summed E-state index contributed by atoms with van der Waals surface area (Å²) in [5.74, 6) is 0.811. The maximum atomic E-state index is 12.6. The van der Waals surface area contributed by atoms with Crippen LogP contribution < -0.4 is 0 Å². The van der Waals surface area contributed by atoms with Crippen molar-refractivity contribution in [1.29, 1.82) is 0 Å². The molecule has 2 aliphatic rings. The fourth-order valence-electron chi connectivity index (χ4n) is 4.08. The monoisotopic (exact) mass is 313 g/mol. The van der Waals surface area contributed by atoms with Crippen molar-refractivity contribution in [3.63, 3.8) is 0 Å². The molecule has 0 bridgehead atoms. The molecule has 2 aliphatic carbocycles. The number of amides is 1. The summed E-state index contributed by atoms with van der Waals surface area (Å²) < 4.78 is 0. The zero-order valence-corrected chi connectivity index (χ0v) is 14.1. The molecule has 1 atom stereocenters. The van der Waals surface area contributed by atoms with Crippen molar-refractivity contribution in [2.24, 2.45) is 11.8 Å². The molecular weight excluding hydrogens is 286 g/mol. The molecule has 3 rings (SSSR count). The van der Waals surface area contributed by atoms with Crippen LogP contribution in [0, 0.1) is 11.8 Å². The number of hydrogen-bond acceptors (Lipinski definition) is 2. The molecule has 1 saturated carbocycles. The number of ketones is 1. The first kappa shape index (κ1) is 16.2. The van der Waals surface area contributed by atoms with Crippen LogP contribution in [0.25, 0.3) is 0 Å². The van der Waals surface area contributed by atoms with Crippen LogP contribution >= 0.6 is 0 Å². The summed E-state index contributed by atoms with van der Waals surface area (Å²) in [6.45, 7) is 0.857. The minimum atomic E-state index is -0.133. The second-order valence-electron chi connectivity index (χ2n) is 7.24. The van der Waals surface area contributed by atoms with E-state index in [4.69, 9.17) is 0 Å². The van der Waals surface area contributed by atoms with Crippen molar-refractivity contribution in [2.45, 2.75) is 51.4 Å². The third-order valence-electron chi connectivity index (χ3n) is 5.52. The van der Waals surface area contributed by atoms with Gasteiger partial charge in [0.2, 0.25) is 5.91 Å². The summed E-state index contributed by atoms with van der Waals surface area (Å²) in [6.07, 6.45) is 8.50. The van der Waals surface area contributed by atoms with Crippen molar-refractivity contribution in [3.05, 3.63) is 35.4 Å². The Morgan fingerprint density at radius 1 is 1.13 bits per heavy atom. The van der Waals surface area contributed by atoms with Crippen LogP contribution in [0.1, 0.15) is 60.9 Å². The zero-order chi connectivity index (χ0) is 16.2. The number of nitrogens with zero attached hydrogens (tertiary/aromatic N) is 1. The number of aryl methyl sites for hydroxylation is 1. The second-order valence-corrected chi connectivity index (χ2v) is 7.24. The number of Topliss-reactive ketones (excluding diaryl/α,β-unsaturated/α-hetero) is 1. The minimum Gasteiger partial charge on any atom is -0.345 e. The molecule has 3 nitrogen and oxygen atoms in total. The lowest BCUT2D eigenvalue weighted by atomic mass is 9.81. The molecule has 0 heterocycles. The summed E-state index contributed by atoms with van der Waals surface area (Å²) in [5, 5.41) is 0. The highest BCUT2D eigenvalue weighted by molar-refractivity contribution is 6.01. The van der Waals surface area contributed by atoms with Crippen LogP contribution in [0.3, 0.4) is 0 Å². The molecular formula is C20H27NO2. The maximum absolute atomic E-state index is 12.6. The first-order chi connectivity index (χ1) is 11.1. The Balaban J connectivity index is 1.56. The average Bonchev–Trinajstić information content (AvgIpc) is 2.58. The number of benzene rings is 1. The molecule has 0 radical (unpaired) electrons. The Morgan fingerprint density at radius 3 is 2.65 bits per heavy atom. The Hall–Kier alpha value is -1.64. The van der Waals surface area contributed by atoms with E-state index in [1.165, 1.54) is 32.1 Å². The number of carbonyl (C=O) groups is 2. The van der Waals surface area contributed by atoms with E-state index >= 15 is 0 Å². The molecule has 1 unspecified atom stereocenters. The van der Waals surface area contributed by atoms with E-state index in [9.17, 15) is 9.59 Å². The van der Waals surface area contributed by atoms with Gasteiger partial charge in [0, 0.05) is 31.5 Å². The zero-order valence-electron chi connectivity index (χ0n) is 14.1. The van der Waals surface area contributed by atoms with E-state index in [1.807, 2.05) is 36.2 Å². The van der Waals surface area contributed by atoms with E-state index in [2.05, 4.69) is 0 Å². The molecule has 0 N–H and O–H groups in total. The van der Waals surface area contributed by atoms with Gasteiger partial charge in [0.05, 0.1) is 0 Å². The highest BCUT2D eigenvalue weighted by atomic mass is 16.2. The second kappa shape index (κ2) is 7.29. The van der Waals surface area contributed by atoms with Crippen LogP contribution in [-0.2, 0) is 11.2 Å². The standard InChI is InChI=1S/C20H27NO2/c1-21(14-15-7-3-2-4-8-15)19(22)13-17-12-11-16-9-5-6-10-18(16)20(17)23/h5-6,9-10,15,17H,2-4,7-8,11-14H2,1H3. The molecule has 1 aromatic carbocycles. The van der Waals surface area contributed by atoms with E-state index in [0.29, 0.717) is 12.3 Å². The molecule has 0 spiro atoms. The predicted octanol–water partition coefficient (Wildman–Crippen LogP) is 3.86. The van der Waals surface area contributed by atoms with E-state index < -0.39 is 0 Å². The Labute approximate surface area is 139 Å². The molecule has 1 aromatic rings. The van der Waals surface area contributed by atoms with Gasteiger partial charge in [0.1, 0.15) is 0 Å². The van der Waals surface area contributed by atoms with Gasteiger partial charge in [-0.3, -0.25) is 9.59 Å².